The number of aromatic nitrogens is 1. The third kappa shape index (κ3) is 6.41. The first-order valence-corrected chi connectivity index (χ1v) is 19.2. The molecular weight excluding hydrogens is 725 g/mol. The zero-order chi connectivity index (χ0) is 54.6. The Labute approximate surface area is 374 Å². The molecular formula is C58H40N2. The molecule has 0 aliphatic carbocycles. The SMILES string of the molecule is [2H]c1c([2H])c([2H])c(-c2c([2H])c([2H])c(N(c3ccc(-c4ccccc4)cc3)c3c([2H])c([2H])c(-c4ccc5c(c4)c4ccccc4n5-c4ccc5ccccc5c4)c([2H])c3[2H])c([2H])c2-c2c([2H])c([2H])c([2H])c([2H])c2[2H])c([2H])c1[2H]. The van der Waals surface area contributed by atoms with Crippen molar-refractivity contribution in [2.45, 2.75) is 0 Å². The van der Waals surface area contributed by atoms with E-state index < -0.39 is 136 Å². The number of para-hydroxylation sites is 1. The van der Waals surface area contributed by atoms with Gasteiger partial charge in [0.25, 0.3) is 0 Å². The van der Waals surface area contributed by atoms with Gasteiger partial charge in [-0.2, -0.15) is 0 Å². The third-order valence-corrected chi connectivity index (χ3v) is 10.5. The number of benzene rings is 10. The first-order valence-electron chi connectivity index (χ1n) is 27.7. The standard InChI is InChI=1S/C58H40N2/c1-4-14-41(15-5-1)43-24-30-49(31-25-43)59(52-35-36-53(45-17-6-2-7-18-45)55(40-52)46-19-8-3-9-20-46)50-32-26-44(27-33-50)48-29-37-58-56(39-48)54-22-12-13-23-57(54)60(58)51-34-28-42-16-10-11-21-47(42)38-51/h1-40H/i2D,3D,6D,7D,8D,9D,17D,18D,19D,20D,26D,27D,32D,33D,35D,36D,40D. The van der Waals surface area contributed by atoms with Gasteiger partial charge in [0, 0.05) is 33.5 Å². The molecule has 11 rings (SSSR count). The lowest BCUT2D eigenvalue weighted by molar-refractivity contribution is 1.19. The molecule has 0 N–H and O–H groups in total. The minimum absolute atomic E-state index is 0.0603. The number of anilines is 3. The van der Waals surface area contributed by atoms with Crippen molar-refractivity contribution in [1.29, 1.82) is 0 Å². The molecule has 2 nitrogen and oxygen atoms in total. The summed E-state index contributed by atoms with van der Waals surface area (Å²) in [5, 5.41) is 3.76. The Morgan fingerprint density at radius 2 is 0.967 bits per heavy atom. The molecule has 1 aromatic heterocycles. The van der Waals surface area contributed by atoms with Crippen LogP contribution in [0.15, 0.2) is 242 Å². The van der Waals surface area contributed by atoms with Gasteiger partial charge >= 0.3 is 0 Å². The van der Waals surface area contributed by atoms with Crippen molar-refractivity contribution in [3.05, 3.63) is 242 Å². The number of rotatable bonds is 8. The maximum absolute atomic E-state index is 10.1. The van der Waals surface area contributed by atoms with E-state index in [-0.39, 0.29) is 11.3 Å². The lowest BCUT2D eigenvalue weighted by Crippen LogP contribution is -2.10. The van der Waals surface area contributed by atoms with Gasteiger partial charge in [0.1, 0.15) is 0 Å². The molecule has 282 valence electrons. The van der Waals surface area contributed by atoms with E-state index in [0.29, 0.717) is 11.1 Å². The Balaban J connectivity index is 1.19. The summed E-state index contributed by atoms with van der Waals surface area (Å²) in [4.78, 5) is 1.09. The molecule has 0 spiro atoms. The van der Waals surface area contributed by atoms with E-state index in [1.807, 2.05) is 97.1 Å². The molecule has 60 heavy (non-hydrogen) atoms. The van der Waals surface area contributed by atoms with Gasteiger partial charge in [-0.05, 0) is 122 Å². The van der Waals surface area contributed by atoms with Crippen molar-refractivity contribution in [2.75, 3.05) is 4.90 Å². The van der Waals surface area contributed by atoms with Crippen molar-refractivity contribution < 1.29 is 23.3 Å². The average Bonchev–Trinajstić information content (AvgIpc) is 3.84. The van der Waals surface area contributed by atoms with E-state index in [9.17, 15) is 9.60 Å². The smallest absolute Gasteiger partial charge is 0.0652 e. The van der Waals surface area contributed by atoms with Crippen LogP contribution in [0.4, 0.5) is 17.1 Å². The first-order chi connectivity index (χ1) is 36.8. The Morgan fingerprint density at radius 1 is 0.350 bits per heavy atom. The van der Waals surface area contributed by atoms with Crippen LogP contribution in [0, 0.1) is 0 Å². The first kappa shape index (κ1) is 21.7. The molecule has 0 bridgehead atoms. The maximum atomic E-state index is 10.1. The molecule has 2 heteroatoms. The van der Waals surface area contributed by atoms with Gasteiger partial charge in [-0.1, -0.05) is 176 Å². The second kappa shape index (κ2) is 15.1. The van der Waals surface area contributed by atoms with Gasteiger partial charge in [-0.25, -0.2) is 0 Å². The van der Waals surface area contributed by atoms with Crippen molar-refractivity contribution in [1.82, 2.24) is 4.57 Å². The van der Waals surface area contributed by atoms with E-state index >= 15 is 0 Å². The van der Waals surface area contributed by atoms with Crippen LogP contribution in [0.5, 0.6) is 0 Å². The minimum atomic E-state index is -0.898. The van der Waals surface area contributed by atoms with Crippen molar-refractivity contribution >= 4 is 49.6 Å². The van der Waals surface area contributed by atoms with E-state index in [2.05, 4.69) is 16.7 Å². The van der Waals surface area contributed by atoms with Crippen molar-refractivity contribution in [2.24, 2.45) is 0 Å². The predicted octanol–water partition coefficient (Wildman–Crippen LogP) is 16.1. The zero-order valence-corrected chi connectivity index (χ0v) is 31.7. The summed E-state index contributed by atoms with van der Waals surface area (Å²) in [6.45, 7) is 0. The monoisotopic (exact) mass is 781 g/mol. The van der Waals surface area contributed by atoms with Crippen LogP contribution < -0.4 is 4.90 Å². The van der Waals surface area contributed by atoms with Gasteiger partial charge in [0.2, 0.25) is 0 Å². The molecule has 10 aromatic carbocycles. The second-order valence-corrected chi connectivity index (χ2v) is 14.1. The van der Waals surface area contributed by atoms with Crippen LogP contribution >= 0.6 is 0 Å². The highest BCUT2D eigenvalue weighted by Crippen LogP contribution is 2.42. The summed E-state index contributed by atoms with van der Waals surface area (Å²) in [6.07, 6.45) is 0. The predicted molar refractivity (Wildman–Crippen MR) is 255 cm³/mol. The summed E-state index contributed by atoms with van der Waals surface area (Å²) in [7, 11) is 0. The molecule has 0 radical (unpaired) electrons. The molecule has 1 heterocycles. The lowest BCUT2D eigenvalue weighted by Gasteiger charge is -2.27. The highest BCUT2D eigenvalue weighted by atomic mass is 15.1. The van der Waals surface area contributed by atoms with Crippen LogP contribution in [0.3, 0.4) is 0 Å². The largest absolute Gasteiger partial charge is 0.310 e. The topological polar surface area (TPSA) is 8.17 Å². The Hall–Kier alpha value is -7.94. The normalized spacial score (nSPS) is 15.3. The van der Waals surface area contributed by atoms with Crippen molar-refractivity contribution in [3.8, 4) is 50.2 Å². The molecule has 11 aromatic rings. The number of nitrogens with zero attached hydrogens (tertiary/aromatic N) is 2. The molecule has 0 unspecified atom stereocenters. The summed E-state index contributed by atoms with van der Waals surface area (Å²) < 4.78 is 158. The molecule has 0 aliphatic heterocycles. The fraction of sp³-hybridized carbons (Fsp3) is 0. The lowest BCUT2D eigenvalue weighted by atomic mass is 9.93. The van der Waals surface area contributed by atoms with Gasteiger partial charge in [0.15, 0.2) is 0 Å². The van der Waals surface area contributed by atoms with E-state index in [4.69, 9.17) is 13.7 Å². The summed E-state index contributed by atoms with van der Waals surface area (Å²) >= 11 is 0. The van der Waals surface area contributed by atoms with Crippen LogP contribution in [0.2, 0.25) is 0 Å². The van der Waals surface area contributed by atoms with Gasteiger partial charge in [-0.3, -0.25) is 0 Å². The van der Waals surface area contributed by atoms with Crippen molar-refractivity contribution in [3.63, 3.8) is 0 Å². The molecule has 0 amide bonds. The quantitative estimate of drug-likeness (QED) is 0.149. The summed E-state index contributed by atoms with van der Waals surface area (Å²) in [5.41, 5.74) is 0.674. The summed E-state index contributed by atoms with van der Waals surface area (Å²) in [6, 6.07) is 29.9. The van der Waals surface area contributed by atoms with E-state index in [1.165, 1.54) is 0 Å². The Kier molecular flexibility index (Phi) is 5.46. The zero-order valence-electron chi connectivity index (χ0n) is 48.7. The van der Waals surface area contributed by atoms with Crippen LogP contribution in [0.1, 0.15) is 23.3 Å². The molecule has 0 fully saturated rings. The van der Waals surface area contributed by atoms with E-state index in [1.54, 1.807) is 30.3 Å². The second-order valence-electron chi connectivity index (χ2n) is 14.1. The highest BCUT2D eigenvalue weighted by molar-refractivity contribution is 6.10. The third-order valence-electron chi connectivity index (χ3n) is 10.5. The minimum Gasteiger partial charge on any atom is -0.310 e. The fourth-order valence-corrected chi connectivity index (χ4v) is 7.72. The van der Waals surface area contributed by atoms with Gasteiger partial charge in [-0.15, -0.1) is 0 Å². The van der Waals surface area contributed by atoms with Gasteiger partial charge in [0.05, 0.1) is 34.3 Å². The van der Waals surface area contributed by atoms with Gasteiger partial charge < -0.3 is 9.47 Å². The summed E-state index contributed by atoms with van der Waals surface area (Å²) in [5.74, 6) is 0. The number of hydrogen-bond acceptors (Lipinski definition) is 1. The number of hydrogen-bond donors (Lipinski definition) is 0. The van der Waals surface area contributed by atoms with Crippen LogP contribution in [0.25, 0.3) is 82.8 Å². The fourth-order valence-electron chi connectivity index (χ4n) is 7.72. The Morgan fingerprint density at radius 3 is 1.73 bits per heavy atom. The highest BCUT2D eigenvalue weighted by Gasteiger charge is 2.18. The number of fused-ring (bicyclic) bond motifs is 4. The van der Waals surface area contributed by atoms with Crippen LogP contribution in [-0.2, 0) is 0 Å². The molecule has 0 atom stereocenters. The molecule has 0 saturated heterocycles. The molecule has 0 saturated carbocycles. The maximum Gasteiger partial charge on any atom is 0.0652 e. The average molecular weight is 782 g/mol. The molecule has 0 aliphatic rings. The van der Waals surface area contributed by atoms with E-state index in [0.717, 1.165) is 48.7 Å². The Bertz CT molecular complexity index is 4220. The van der Waals surface area contributed by atoms with Crippen LogP contribution in [-0.4, -0.2) is 4.57 Å².